The van der Waals surface area contributed by atoms with Gasteiger partial charge in [-0.25, -0.2) is 4.98 Å². The van der Waals surface area contributed by atoms with Crippen LogP contribution >= 0.6 is 0 Å². The molecule has 0 saturated heterocycles. The maximum atomic E-state index is 12.5. The molecule has 27 heavy (non-hydrogen) atoms. The van der Waals surface area contributed by atoms with Gasteiger partial charge in [0.25, 0.3) is 5.91 Å². The molecule has 3 rings (SSSR count). The van der Waals surface area contributed by atoms with Crippen molar-refractivity contribution < 1.29 is 9.53 Å². The summed E-state index contributed by atoms with van der Waals surface area (Å²) >= 11 is 0. The Morgan fingerprint density at radius 2 is 1.78 bits per heavy atom. The fraction of sp³-hybridized carbons (Fsp3) is 0.182. The van der Waals surface area contributed by atoms with Gasteiger partial charge in [-0.05, 0) is 62.2 Å². The number of nitrogens with zero attached hydrogens (tertiary/aromatic N) is 1. The fourth-order valence-electron chi connectivity index (χ4n) is 2.67. The van der Waals surface area contributed by atoms with Crippen molar-refractivity contribution in [3.05, 3.63) is 77.5 Å². The van der Waals surface area contributed by atoms with Crippen LogP contribution in [0.25, 0.3) is 0 Å². The number of ether oxygens (including phenoxy) is 1. The maximum absolute atomic E-state index is 12.5. The molecule has 0 bridgehead atoms. The first-order valence-corrected chi connectivity index (χ1v) is 8.91. The average Bonchev–Trinajstić information content (AvgIpc) is 2.68. The number of aromatic nitrogens is 1. The Labute approximate surface area is 159 Å². The van der Waals surface area contributed by atoms with Crippen molar-refractivity contribution in [1.29, 1.82) is 0 Å². The summed E-state index contributed by atoms with van der Waals surface area (Å²) in [5, 5.41) is 6.16. The number of hydrogen-bond donors (Lipinski definition) is 2. The van der Waals surface area contributed by atoms with E-state index in [1.807, 2.05) is 63.2 Å². The summed E-state index contributed by atoms with van der Waals surface area (Å²) in [6.45, 7) is 6.54. The molecule has 0 atom stereocenters. The van der Waals surface area contributed by atoms with Crippen LogP contribution in [-0.2, 0) is 0 Å². The maximum Gasteiger partial charge on any atom is 0.257 e. The number of aryl methyl sites for hydroxylation is 1. The Kier molecular flexibility index (Phi) is 5.71. The molecule has 0 aliphatic heterocycles. The third-order valence-electron chi connectivity index (χ3n) is 4.33. The molecule has 0 saturated carbocycles. The smallest absolute Gasteiger partial charge is 0.257 e. The molecule has 1 aromatic heterocycles. The molecular weight excluding hydrogens is 338 g/mol. The Morgan fingerprint density at radius 1 is 1.00 bits per heavy atom. The average molecular weight is 361 g/mol. The molecule has 0 fully saturated rings. The third-order valence-corrected chi connectivity index (χ3v) is 4.33. The summed E-state index contributed by atoms with van der Waals surface area (Å²) in [5.41, 5.74) is 4.34. The van der Waals surface area contributed by atoms with Gasteiger partial charge in [0.1, 0.15) is 11.6 Å². The van der Waals surface area contributed by atoms with Gasteiger partial charge in [0.15, 0.2) is 0 Å². The number of rotatable bonds is 6. The van der Waals surface area contributed by atoms with E-state index in [0.29, 0.717) is 18.0 Å². The van der Waals surface area contributed by atoms with Gasteiger partial charge in [-0.3, -0.25) is 4.79 Å². The number of nitrogens with one attached hydrogen (secondary N) is 2. The van der Waals surface area contributed by atoms with Crippen LogP contribution in [0, 0.1) is 13.8 Å². The topological polar surface area (TPSA) is 63.2 Å². The van der Waals surface area contributed by atoms with Crippen molar-refractivity contribution in [1.82, 2.24) is 4.98 Å². The molecular formula is C22H23N3O2. The molecule has 138 valence electrons. The highest BCUT2D eigenvalue weighted by Crippen LogP contribution is 2.26. The lowest BCUT2D eigenvalue weighted by atomic mass is 10.1. The van der Waals surface area contributed by atoms with Gasteiger partial charge in [0.05, 0.1) is 17.9 Å². The minimum Gasteiger partial charge on any atom is -0.492 e. The van der Waals surface area contributed by atoms with Crippen LogP contribution in [0.5, 0.6) is 5.75 Å². The lowest BCUT2D eigenvalue weighted by Gasteiger charge is -2.12. The molecule has 1 heterocycles. The summed E-state index contributed by atoms with van der Waals surface area (Å²) < 4.78 is 5.60. The Hall–Kier alpha value is -3.34. The highest BCUT2D eigenvalue weighted by atomic mass is 16.5. The molecule has 0 radical (unpaired) electrons. The summed E-state index contributed by atoms with van der Waals surface area (Å²) in [7, 11) is 0. The summed E-state index contributed by atoms with van der Waals surface area (Å²) in [5.74, 6) is 1.22. The van der Waals surface area contributed by atoms with E-state index in [4.69, 9.17) is 4.74 Å². The predicted molar refractivity (Wildman–Crippen MR) is 109 cm³/mol. The van der Waals surface area contributed by atoms with Gasteiger partial charge in [-0.2, -0.15) is 0 Å². The zero-order chi connectivity index (χ0) is 19.2. The van der Waals surface area contributed by atoms with Gasteiger partial charge in [-0.1, -0.05) is 24.3 Å². The van der Waals surface area contributed by atoms with Crippen molar-refractivity contribution in [2.24, 2.45) is 0 Å². The lowest BCUT2D eigenvalue weighted by molar-refractivity contribution is 0.102. The van der Waals surface area contributed by atoms with Crippen LogP contribution in [0.4, 0.5) is 17.2 Å². The van der Waals surface area contributed by atoms with Crippen LogP contribution in [-0.4, -0.2) is 17.5 Å². The van der Waals surface area contributed by atoms with Crippen molar-refractivity contribution in [3.63, 3.8) is 0 Å². The SMILES string of the molecule is CCOc1ccccc1Nc1ccc(C(=O)Nc2cccc(C)c2C)cn1. The minimum atomic E-state index is -0.183. The highest BCUT2D eigenvalue weighted by Gasteiger charge is 2.10. The number of para-hydroxylation sites is 2. The van der Waals surface area contributed by atoms with E-state index < -0.39 is 0 Å². The second-order valence-electron chi connectivity index (χ2n) is 6.19. The number of pyridine rings is 1. The summed E-state index contributed by atoms with van der Waals surface area (Å²) in [4.78, 5) is 16.8. The first-order chi connectivity index (χ1) is 13.1. The molecule has 0 aliphatic rings. The molecule has 3 aromatic rings. The second kappa shape index (κ2) is 8.36. The number of carbonyl (C=O) groups excluding carboxylic acids is 1. The third kappa shape index (κ3) is 4.44. The fourth-order valence-corrected chi connectivity index (χ4v) is 2.67. The summed E-state index contributed by atoms with van der Waals surface area (Å²) in [6.07, 6.45) is 1.56. The van der Waals surface area contributed by atoms with Crippen LogP contribution < -0.4 is 15.4 Å². The normalized spacial score (nSPS) is 10.3. The van der Waals surface area contributed by atoms with Crippen molar-refractivity contribution in [3.8, 4) is 5.75 Å². The molecule has 5 heteroatoms. The number of amides is 1. The monoisotopic (exact) mass is 361 g/mol. The standard InChI is InChI=1S/C22H23N3O2/c1-4-27-20-11-6-5-9-19(20)24-21-13-12-17(14-23-21)22(26)25-18-10-7-8-15(2)16(18)3/h5-14H,4H2,1-3H3,(H,23,24)(H,25,26). The van der Waals surface area contributed by atoms with Gasteiger partial charge in [0, 0.05) is 11.9 Å². The molecule has 0 aliphatic carbocycles. The van der Waals surface area contributed by atoms with Gasteiger partial charge < -0.3 is 15.4 Å². The van der Waals surface area contributed by atoms with Crippen LogP contribution in [0.15, 0.2) is 60.8 Å². The molecule has 5 nitrogen and oxygen atoms in total. The largest absolute Gasteiger partial charge is 0.492 e. The number of anilines is 3. The van der Waals surface area contributed by atoms with Crippen molar-refractivity contribution in [2.45, 2.75) is 20.8 Å². The van der Waals surface area contributed by atoms with E-state index in [0.717, 1.165) is 28.3 Å². The highest BCUT2D eigenvalue weighted by molar-refractivity contribution is 6.04. The van der Waals surface area contributed by atoms with E-state index in [1.54, 1.807) is 18.3 Å². The Balaban J connectivity index is 1.72. The van der Waals surface area contributed by atoms with Crippen molar-refractivity contribution in [2.75, 3.05) is 17.2 Å². The molecule has 0 unspecified atom stereocenters. The lowest BCUT2D eigenvalue weighted by Crippen LogP contribution is -2.13. The van der Waals surface area contributed by atoms with Gasteiger partial charge in [-0.15, -0.1) is 0 Å². The quantitative estimate of drug-likeness (QED) is 0.642. The van der Waals surface area contributed by atoms with Gasteiger partial charge >= 0.3 is 0 Å². The molecule has 1 amide bonds. The summed E-state index contributed by atoms with van der Waals surface area (Å²) in [6, 6.07) is 17.0. The van der Waals surface area contributed by atoms with Crippen LogP contribution in [0.1, 0.15) is 28.4 Å². The van der Waals surface area contributed by atoms with E-state index in [9.17, 15) is 4.79 Å². The van der Waals surface area contributed by atoms with Gasteiger partial charge in [0.2, 0.25) is 0 Å². The van der Waals surface area contributed by atoms with E-state index in [2.05, 4.69) is 15.6 Å². The number of carbonyl (C=O) groups is 1. The van der Waals surface area contributed by atoms with E-state index >= 15 is 0 Å². The molecule has 0 spiro atoms. The Bertz CT molecular complexity index is 937. The zero-order valence-electron chi connectivity index (χ0n) is 15.7. The first-order valence-electron chi connectivity index (χ1n) is 8.91. The number of hydrogen-bond acceptors (Lipinski definition) is 4. The van der Waals surface area contributed by atoms with Crippen LogP contribution in [0.2, 0.25) is 0 Å². The predicted octanol–water partition coefficient (Wildman–Crippen LogP) is 5.09. The van der Waals surface area contributed by atoms with Crippen LogP contribution in [0.3, 0.4) is 0 Å². The van der Waals surface area contributed by atoms with Crippen molar-refractivity contribution >= 4 is 23.1 Å². The second-order valence-corrected chi connectivity index (χ2v) is 6.19. The van der Waals surface area contributed by atoms with E-state index in [-0.39, 0.29) is 5.91 Å². The number of benzene rings is 2. The molecule has 2 aromatic carbocycles. The molecule has 2 N–H and O–H groups in total. The Morgan fingerprint density at radius 3 is 2.52 bits per heavy atom. The minimum absolute atomic E-state index is 0.183. The first kappa shape index (κ1) is 18.5. The van der Waals surface area contributed by atoms with E-state index in [1.165, 1.54) is 0 Å². The zero-order valence-corrected chi connectivity index (χ0v) is 15.7.